The van der Waals surface area contributed by atoms with E-state index in [9.17, 15) is 4.79 Å². The standard InChI is InChI=1S/C16H30Cl2O2/c1-2-3-4-5-6-7-8-9-10-11-12-13-14-20-16(19)15(17)18/h15H,2-14H2,1H3. The normalized spacial score (nSPS) is 11.0. The molecule has 0 saturated heterocycles. The molecule has 0 unspecified atom stereocenters. The maximum Gasteiger partial charge on any atom is 0.339 e. The Morgan fingerprint density at radius 3 is 1.60 bits per heavy atom. The van der Waals surface area contributed by atoms with Crippen LogP contribution >= 0.6 is 23.2 Å². The third-order valence-electron chi connectivity index (χ3n) is 3.42. The Hall–Kier alpha value is 0.0500. The number of halogens is 2. The van der Waals surface area contributed by atoms with Crippen molar-refractivity contribution >= 4 is 29.2 Å². The average Bonchev–Trinajstić information content (AvgIpc) is 2.43. The van der Waals surface area contributed by atoms with E-state index in [1.54, 1.807) is 0 Å². The van der Waals surface area contributed by atoms with Crippen LogP contribution < -0.4 is 0 Å². The minimum absolute atomic E-state index is 0.437. The number of esters is 1. The molecule has 0 amide bonds. The number of ether oxygens (including phenoxy) is 1. The van der Waals surface area contributed by atoms with Crippen molar-refractivity contribution in [2.45, 2.75) is 88.8 Å². The van der Waals surface area contributed by atoms with Crippen molar-refractivity contribution in [3.63, 3.8) is 0 Å². The quantitative estimate of drug-likeness (QED) is 0.221. The zero-order valence-corrected chi connectivity index (χ0v) is 14.4. The topological polar surface area (TPSA) is 26.3 Å². The van der Waals surface area contributed by atoms with E-state index in [2.05, 4.69) is 6.92 Å². The molecule has 4 heteroatoms. The lowest BCUT2D eigenvalue weighted by Crippen LogP contribution is -2.12. The molecular formula is C16H30Cl2O2. The number of hydrogen-bond acceptors (Lipinski definition) is 2. The van der Waals surface area contributed by atoms with Crippen LogP contribution in [0.3, 0.4) is 0 Å². The van der Waals surface area contributed by atoms with Gasteiger partial charge in [-0.25, -0.2) is 4.79 Å². The maximum atomic E-state index is 11.0. The van der Waals surface area contributed by atoms with E-state index in [1.165, 1.54) is 64.2 Å². The van der Waals surface area contributed by atoms with Gasteiger partial charge in [0, 0.05) is 0 Å². The Morgan fingerprint density at radius 1 is 0.800 bits per heavy atom. The van der Waals surface area contributed by atoms with Crippen LogP contribution in [0.2, 0.25) is 0 Å². The summed E-state index contributed by atoms with van der Waals surface area (Å²) >= 11 is 10.7. The molecule has 0 aromatic carbocycles. The van der Waals surface area contributed by atoms with Crippen LogP contribution in [-0.4, -0.2) is 17.4 Å². The summed E-state index contributed by atoms with van der Waals surface area (Å²) in [5, 5.41) is 0. The van der Waals surface area contributed by atoms with Gasteiger partial charge in [0.05, 0.1) is 6.61 Å². The van der Waals surface area contributed by atoms with E-state index in [0.29, 0.717) is 6.61 Å². The Bertz CT molecular complexity index is 221. The lowest BCUT2D eigenvalue weighted by molar-refractivity contribution is -0.141. The molecule has 0 aliphatic carbocycles. The van der Waals surface area contributed by atoms with E-state index in [1.807, 2.05) is 0 Å². The molecule has 0 fully saturated rings. The van der Waals surface area contributed by atoms with Crippen molar-refractivity contribution in [1.82, 2.24) is 0 Å². The van der Waals surface area contributed by atoms with Crippen LogP contribution in [0.25, 0.3) is 0 Å². The highest BCUT2D eigenvalue weighted by Gasteiger charge is 2.11. The van der Waals surface area contributed by atoms with E-state index in [4.69, 9.17) is 27.9 Å². The highest BCUT2D eigenvalue weighted by Crippen LogP contribution is 2.12. The average molecular weight is 325 g/mol. The molecular weight excluding hydrogens is 295 g/mol. The summed E-state index contributed by atoms with van der Waals surface area (Å²) in [7, 11) is 0. The Labute approximate surface area is 134 Å². The van der Waals surface area contributed by atoms with E-state index in [-0.39, 0.29) is 0 Å². The first kappa shape index (κ1) is 20.1. The molecule has 0 heterocycles. The molecule has 120 valence electrons. The van der Waals surface area contributed by atoms with Crippen molar-refractivity contribution in [3.8, 4) is 0 Å². The van der Waals surface area contributed by atoms with Crippen LogP contribution in [0.4, 0.5) is 0 Å². The minimum Gasteiger partial charge on any atom is -0.464 e. The summed E-state index contributed by atoms with van der Waals surface area (Å²) in [5.41, 5.74) is 0. The van der Waals surface area contributed by atoms with Crippen molar-refractivity contribution < 1.29 is 9.53 Å². The van der Waals surface area contributed by atoms with Gasteiger partial charge in [-0.05, 0) is 6.42 Å². The first-order valence-electron chi connectivity index (χ1n) is 8.13. The molecule has 0 aromatic heterocycles. The molecule has 0 rings (SSSR count). The summed E-state index contributed by atoms with van der Waals surface area (Å²) < 4.78 is 4.89. The molecule has 0 aromatic rings. The summed E-state index contributed by atoms with van der Waals surface area (Å²) in [6, 6.07) is 0. The predicted molar refractivity (Wildman–Crippen MR) is 87.5 cm³/mol. The number of unbranched alkanes of at least 4 members (excludes halogenated alkanes) is 11. The number of carbonyl (C=O) groups excluding carboxylic acids is 1. The fraction of sp³-hybridized carbons (Fsp3) is 0.938. The Morgan fingerprint density at radius 2 is 1.20 bits per heavy atom. The van der Waals surface area contributed by atoms with Gasteiger partial charge in [-0.2, -0.15) is 0 Å². The van der Waals surface area contributed by atoms with Crippen LogP contribution in [0, 0.1) is 0 Å². The predicted octanol–water partition coefficient (Wildman–Crippen LogP) is 6.03. The zero-order chi connectivity index (χ0) is 15.1. The van der Waals surface area contributed by atoms with Crippen molar-refractivity contribution in [3.05, 3.63) is 0 Å². The molecule has 2 nitrogen and oxygen atoms in total. The fourth-order valence-corrected chi connectivity index (χ4v) is 2.30. The summed E-state index contributed by atoms with van der Waals surface area (Å²) in [6.45, 7) is 2.69. The molecule has 0 saturated carbocycles. The van der Waals surface area contributed by atoms with Crippen LogP contribution in [-0.2, 0) is 9.53 Å². The largest absolute Gasteiger partial charge is 0.464 e. The van der Waals surface area contributed by atoms with Crippen LogP contribution in [0.5, 0.6) is 0 Å². The molecule has 0 atom stereocenters. The molecule has 0 spiro atoms. The van der Waals surface area contributed by atoms with Gasteiger partial charge in [0.2, 0.25) is 4.84 Å². The van der Waals surface area contributed by atoms with Gasteiger partial charge >= 0.3 is 5.97 Å². The van der Waals surface area contributed by atoms with Gasteiger partial charge < -0.3 is 4.74 Å². The Kier molecular flexibility index (Phi) is 15.5. The van der Waals surface area contributed by atoms with E-state index < -0.39 is 10.8 Å². The van der Waals surface area contributed by atoms with Crippen molar-refractivity contribution in [1.29, 1.82) is 0 Å². The zero-order valence-electron chi connectivity index (χ0n) is 12.8. The molecule has 20 heavy (non-hydrogen) atoms. The SMILES string of the molecule is CCCCCCCCCCCCCCOC(=O)C(Cl)Cl. The van der Waals surface area contributed by atoms with Crippen molar-refractivity contribution in [2.24, 2.45) is 0 Å². The minimum atomic E-state index is -1.05. The number of alkyl halides is 2. The first-order valence-corrected chi connectivity index (χ1v) is 9.00. The highest BCUT2D eigenvalue weighted by molar-refractivity contribution is 6.52. The van der Waals surface area contributed by atoms with Gasteiger partial charge in [0.25, 0.3) is 0 Å². The van der Waals surface area contributed by atoms with Gasteiger partial charge in [-0.15, -0.1) is 0 Å². The second kappa shape index (κ2) is 15.4. The van der Waals surface area contributed by atoms with Gasteiger partial charge in [0.15, 0.2) is 0 Å². The van der Waals surface area contributed by atoms with E-state index in [0.717, 1.165) is 12.8 Å². The molecule has 0 aliphatic heterocycles. The smallest absolute Gasteiger partial charge is 0.339 e. The van der Waals surface area contributed by atoms with Crippen molar-refractivity contribution in [2.75, 3.05) is 6.61 Å². The molecule has 0 radical (unpaired) electrons. The van der Waals surface area contributed by atoms with Gasteiger partial charge in [0.1, 0.15) is 0 Å². The van der Waals surface area contributed by atoms with Crippen LogP contribution in [0.1, 0.15) is 84.0 Å². The second-order valence-electron chi connectivity index (χ2n) is 5.36. The molecule has 0 bridgehead atoms. The fourth-order valence-electron chi connectivity index (χ4n) is 2.18. The third-order valence-corrected chi connectivity index (χ3v) is 3.78. The number of hydrogen-bond donors (Lipinski definition) is 0. The summed E-state index contributed by atoms with van der Waals surface area (Å²) in [5.74, 6) is -0.531. The van der Waals surface area contributed by atoms with Gasteiger partial charge in [-0.1, -0.05) is 101 Å². The highest BCUT2D eigenvalue weighted by atomic mass is 35.5. The lowest BCUT2D eigenvalue weighted by atomic mass is 10.1. The summed E-state index contributed by atoms with van der Waals surface area (Å²) in [6.07, 6.45) is 15.5. The monoisotopic (exact) mass is 324 g/mol. The molecule has 0 aliphatic rings. The van der Waals surface area contributed by atoms with E-state index >= 15 is 0 Å². The maximum absolute atomic E-state index is 11.0. The lowest BCUT2D eigenvalue weighted by Gasteiger charge is -2.05. The first-order chi connectivity index (χ1) is 9.68. The van der Waals surface area contributed by atoms with Crippen LogP contribution in [0.15, 0.2) is 0 Å². The summed E-state index contributed by atoms with van der Waals surface area (Å²) in [4.78, 5) is 9.91. The third kappa shape index (κ3) is 14.5. The number of rotatable bonds is 14. The Balaban J connectivity index is 3.04. The van der Waals surface area contributed by atoms with Gasteiger partial charge in [-0.3, -0.25) is 0 Å². The number of carbonyl (C=O) groups is 1. The second-order valence-corrected chi connectivity index (χ2v) is 6.45. The molecule has 0 N–H and O–H groups in total.